The molecule has 2 aromatic rings. The smallest absolute Gasteiger partial charge is 0.0951 e. The molecule has 3 nitrogen and oxygen atoms in total. The standard InChI is InChI=1S/C14H19N3/c1-11-6-4-5-7-12(11)13-8-16-10-17(13)9-14(2,3)15/h4-8,10H,9,15H2,1-3H3. The molecule has 0 fully saturated rings. The lowest BCUT2D eigenvalue weighted by molar-refractivity contribution is 0.436. The number of hydrogen-bond acceptors (Lipinski definition) is 2. The lowest BCUT2D eigenvalue weighted by Gasteiger charge is -2.21. The molecule has 0 amide bonds. The first-order valence-corrected chi connectivity index (χ1v) is 5.82. The summed E-state index contributed by atoms with van der Waals surface area (Å²) in [6, 6.07) is 8.33. The van der Waals surface area contributed by atoms with Gasteiger partial charge in [0, 0.05) is 17.6 Å². The lowest BCUT2D eigenvalue weighted by atomic mass is 10.0. The minimum absolute atomic E-state index is 0.238. The van der Waals surface area contributed by atoms with Crippen LogP contribution in [-0.2, 0) is 6.54 Å². The third-order valence-electron chi connectivity index (χ3n) is 2.71. The Hall–Kier alpha value is -1.61. The molecule has 0 unspecified atom stereocenters. The van der Waals surface area contributed by atoms with E-state index in [0.717, 1.165) is 12.2 Å². The van der Waals surface area contributed by atoms with Gasteiger partial charge < -0.3 is 10.3 Å². The number of hydrogen-bond donors (Lipinski definition) is 1. The van der Waals surface area contributed by atoms with Crippen molar-refractivity contribution in [3.05, 3.63) is 42.4 Å². The van der Waals surface area contributed by atoms with Crippen molar-refractivity contribution in [3.8, 4) is 11.3 Å². The SMILES string of the molecule is Cc1ccccc1-c1cncn1CC(C)(C)N. The zero-order chi connectivity index (χ0) is 12.5. The van der Waals surface area contributed by atoms with E-state index >= 15 is 0 Å². The van der Waals surface area contributed by atoms with Crippen LogP contribution in [0.4, 0.5) is 0 Å². The van der Waals surface area contributed by atoms with Gasteiger partial charge in [-0.1, -0.05) is 24.3 Å². The van der Waals surface area contributed by atoms with Crippen molar-refractivity contribution in [3.63, 3.8) is 0 Å². The van der Waals surface area contributed by atoms with E-state index in [2.05, 4.69) is 28.6 Å². The zero-order valence-electron chi connectivity index (χ0n) is 10.6. The molecule has 90 valence electrons. The number of nitrogens with zero attached hydrogens (tertiary/aromatic N) is 2. The quantitative estimate of drug-likeness (QED) is 0.879. The van der Waals surface area contributed by atoms with E-state index in [4.69, 9.17) is 5.73 Å². The summed E-state index contributed by atoms with van der Waals surface area (Å²) in [7, 11) is 0. The molecule has 0 saturated carbocycles. The summed E-state index contributed by atoms with van der Waals surface area (Å²) in [5, 5.41) is 0. The topological polar surface area (TPSA) is 43.8 Å². The van der Waals surface area contributed by atoms with E-state index in [9.17, 15) is 0 Å². The van der Waals surface area contributed by atoms with Gasteiger partial charge in [-0.3, -0.25) is 0 Å². The third kappa shape index (κ3) is 2.74. The van der Waals surface area contributed by atoms with Gasteiger partial charge in [0.15, 0.2) is 0 Å². The molecular weight excluding hydrogens is 210 g/mol. The van der Waals surface area contributed by atoms with Crippen LogP contribution in [0, 0.1) is 6.92 Å². The summed E-state index contributed by atoms with van der Waals surface area (Å²) >= 11 is 0. The van der Waals surface area contributed by atoms with E-state index in [1.165, 1.54) is 11.1 Å². The van der Waals surface area contributed by atoms with Crippen LogP contribution in [-0.4, -0.2) is 15.1 Å². The zero-order valence-corrected chi connectivity index (χ0v) is 10.6. The highest BCUT2D eigenvalue weighted by Crippen LogP contribution is 2.23. The molecule has 0 saturated heterocycles. The van der Waals surface area contributed by atoms with Crippen LogP contribution in [0.2, 0.25) is 0 Å². The first-order valence-electron chi connectivity index (χ1n) is 5.82. The molecular formula is C14H19N3. The summed E-state index contributed by atoms with van der Waals surface area (Å²) in [6.45, 7) is 6.92. The Labute approximate surface area is 102 Å². The Morgan fingerprint density at radius 2 is 2.00 bits per heavy atom. The molecule has 1 aromatic carbocycles. The monoisotopic (exact) mass is 229 g/mol. The van der Waals surface area contributed by atoms with Gasteiger partial charge >= 0.3 is 0 Å². The van der Waals surface area contributed by atoms with Gasteiger partial charge in [-0.05, 0) is 26.3 Å². The highest BCUT2D eigenvalue weighted by Gasteiger charge is 2.15. The van der Waals surface area contributed by atoms with Gasteiger partial charge in [0.05, 0.1) is 18.2 Å². The fourth-order valence-corrected chi connectivity index (χ4v) is 1.97. The first kappa shape index (κ1) is 11.9. The van der Waals surface area contributed by atoms with E-state index in [1.807, 2.05) is 38.5 Å². The fourth-order valence-electron chi connectivity index (χ4n) is 1.97. The van der Waals surface area contributed by atoms with Gasteiger partial charge in [-0.2, -0.15) is 0 Å². The van der Waals surface area contributed by atoms with Crippen LogP contribution in [0.5, 0.6) is 0 Å². The van der Waals surface area contributed by atoms with Crippen molar-refractivity contribution in [1.82, 2.24) is 9.55 Å². The number of imidazole rings is 1. The van der Waals surface area contributed by atoms with Crippen molar-refractivity contribution >= 4 is 0 Å². The summed E-state index contributed by atoms with van der Waals surface area (Å²) in [5.74, 6) is 0. The van der Waals surface area contributed by atoms with Gasteiger partial charge in [-0.25, -0.2) is 4.98 Å². The highest BCUT2D eigenvalue weighted by molar-refractivity contribution is 5.63. The number of rotatable bonds is 3. The molecule has 0 aliphatic heterocycles. The minimum Gasteiger partial charge on any atom is -0.329 e. The van der Waals surface area contributed by atoms with Gasteiger partial charge in [0.2, 0.25) is 0 Å². The maximum Gasteiger partial charge on any atom is 0.0951 e. The van der Waals surface area contributed by atoms with Crippen LogP contribution < -0.4 is 5.73 Å². The van der Waals surface area contributed by atoms with Crippen molar-refractivity contribution < 1.29 is 0 Å². The van der Waals surface area contributed by atoms with E-state index in [0.29, 0.717) is 0 Å². The molecule has 17 heavy (non-hydrogen) atoms. The molecule has 0 bridgehead atoms. The average molecular weight is 229 g/mol. The molecule has 1 heterocycles. The second-order valence-corrected chi connectivity index (χ2v) is 5.21. The molecule has 1 aromatic heterocycles. The summed E-state index contributed by atoms with van der Waals surface area (Å²) in [5.41, 5.74) is 9.42. The molecule has 2 N–H and O–H groups in total. The largest absolute Gasteiger partial charge is 0.329 e. The Kier molecular flexibility index (Phi) is 3.03. The minimum atomic E-state index is -0.238. The first-order chi connectivity index (χ1) is 7.97. The molecule has 0 spiro atoms. The lowest BCUT2D eigenvalue weighted by Crippen LogP contribution is -2.37. The summed E-state index contributed by atoms with van der Waals surface area (Å²) in [6.07, 6.45) is 3.74. The Morgan fingerprint density at radius 3 is 2.65 bits per heavy atom. The van der Waals surface area contributed by atoms with Gasteiger partial charge in [-0.15, -0.1) is 0 Å². The van der Waals surface area contributed by atoms with Gasteiger partial charge in [0.25, 0.3) is 0 Å². The maximum absolute atomic E-state index is 6.06. The Bertz CT molecular complexity index is 506. The van der Waals surface area contributed by atoms with Crippen molar-refractivity contribution in [2.24, 2.45) is 5.73 Å². The molecule has 2 rings (SSSR count). The van der Waals surface area contributed by atoms with Crippen LogP contribution in [0.1, 0.15) is 19.4 Å². The van der Waals surface area contributed by atoms with Crippen molar-refractivity contribution in [1.29, 1.82) is 0 Å². The summed E-state index contributed by atoms with van der Waals surface area (Å²) < 4.78 is 2.11. The molecule has 3 heteroatoms. The van der Waals surface area contributed by atoms with Crippen LogP contribution in [0.3, 0.4) is 0 Å². The molecule has 0 radical (unpaired) electrons. The second kappa shape index (κ2) is 4.34. The average Bonchev–Trinajstić information content (AvgIpc) is 2.64. The van der Waals surface area contributed by atoms with Gasteiger partial charge in [0.1, 0.15) is 0 Å². The fraction of sp³-hybridized carbons (Fsp3) is 0.357. The predicted octanol–water partition coefficient (Wildman–Crippen LogP) is 2.60. The maximum atomic E-state index is 6.06. The second-order valence-electron chi connectivity index (χ2n) is 5.21. The van der Waals surface area contributed by atoms with Crippen molar-refractivity contribution in [2.45, 2.75) is 32.9 Å². The molecule has 0 aliphatic carbocycles. The highest BCUT2D eigenvalue weighted by atomic mass is 15.1. The molecule has 0 atom stereocenters. The summed E-state index contributed by atoms with van der Waals surface area (Å²) in [4.78, 5) is 4.23. The Balaban J connectivity index is 2.41. The predicted molar refractivity (Wildman–Crippen MR) is 70.7 cm³/mol. The Morgan fingerprint density at radius 1 is 1.29 bits per heavy atom. The number of aryl methyl sites for hydroxylation is 1. The van der Waals surface area contributed by atoms with E-state index in [1.54, 1.807) is 0 Å². The van der Waals surface area contributed by atoms with E-state index < -0.39 is 0 Å². The number of nitrogens with two attached hydrogens (primary N) is 1. The normalized spacial score (nSPS) is 11.8. The van der Waals surface area contributed by atoms with E-state index in [-0.39, 0.29) is 5.54 Å². The molecule has 0 aliphatic rings. The van der Waals surface area contributed by atoms with Crippen LogP contribution in [0.25, 0.3) is 11.3 Å². The van der Waals surface area contributed by atoms with Crippen molar-refractivity contribution in [2.75, 3.05) is 0 Å². The number of benzene rings is 1. The van der Waals surface area contributed by atoms with Crippen LogP contribution >= 0.6 is 0 Å². The third-order valence-corrected chi connectivity index (χ3v) is 2.71. The number of aromatic nitrogens is 2. The van der Waals surface area contributed by atoms with Crippen LogP contribution in [0.15, 0.2) is 36.8 Å².